The van der Waals surface area contributed by atoms with Crippen molar-refractivity contribution in [3.63, 3.8) is 0 Å². The second kappa shape index (κ2) is 5.06. The average molecular weight is 221 g/mol. The molecule has 0 aliphatic carbocycles. The van der Waals surface area contributed by atoms with Gasteiger partial charge in [0.05, 0.1) is 5.75 Å². The van der Waals surface area contributed by atoms with Crippen LogP contribution in [0.3, 0.4) is 0 Å². The number of nitrogens with one attached hydrogen (secondary N) is 2. The molecule has 2 N–H and O–H groups in total. The molecule has 0 radical (unpaired) electrons. The van der Waals surface area contributed by atoms with E-state index in [1.807, 2.05) is 7.05 Å². The van der Waals surface area contributed by atoms with E-state index in [0.29, 0.717) is 12.6 Å². The lowest BCUT2D eigenvalue weighted by Crippen LogP contribution is -2.56. The lowest BCUT2D eigenvalue weighted by atomic mass is 10.1. The zero-order valence-electron chi connectivity index (χ0n) is 8.78. The van der Waals surface area contributed by atoms with Gasteiger partial charge >= 0.3 is 0 Å². The Balaban J connectivity index is 2.14. The molecule has 1 rings (SSSR count). The SMILES string of the molecule is CCS(=O)(=O)NCCN(C)C1CNC1. The highest BCUT2D eigenvalue weighted by atomic mass is 32.2. The van der Waals surface area contributed by atoms with Gasteiger partial charge in [-0.3, -0.25) is 4.90 Å². The summed E-state index contributed by atoms with van der Waals surface area (Å²) in [5.41, 5.74) is 0. The molecule has 84 valence electrons. The number of rotatable bonds is 6. The highest BCUT2D eigenvalue weighted by Crippen LogP contribution is 2.00. The second-order valence-corrected chi connectivity index (χ2v) is 5.69. The Morgan fingerprint density at radius 2 is 2.14 bits per heavy atom. The van der Waals surface area contributed by atoms with Crippen molar-refractivity contribution in [1.29, 1.82) is 0 Å². The Morgan fingerprint density at radius 1 is 1.50 bits per heavy atom. The second-order valence-electron chi connectivity index (χ2n) is 3.59. The van der Waals surface area contributed by atoms with E-state index < -0.39 is 10.0 Å². The van der Waals surface area contributed by atoms with E-state index in [1.165, 1.54) is 0 Å². The lowest BCUT2D eigenvalue weighted by Gasteiger charge is -2.35. The summed E-state index contributed by atoms with van der Waals surface area (Å²) in [6.07, 6.45) is 0. The molecule has 5 nitrogen and oxygen atoms in total. The van der Waals surface area contributed by atoms with Crippen LogP contribution in [0.2, 0.25) is 0 Å². The van der Waals surface area contributed by atoms with Gasteiger partial charge in [-0.1, -0.05) is 0 Å². The molecule has 0 bridgehead atoms. The molecule has 0 aromatic heterocycles. The number of hydrogen-bond donors (Lipinski definition) is 2. The minimum absolute atomic E-state index is 0.154. The number of likely N-dealkylation sites (N-methyl/N-ethyl adjacent to an activating group) is 1. The van der Waals surface area contributed by atoms with Gasteiger partial charge in [0, 0.05) is 32.2 Å². The van der Waals surface area contributed by atoms with Gasteiger partial charge in [-0.05, 0) is 14.0 Å². The van der Waals surface area contributed by atoms with E-state index in [-0.39, 0.29) is 5.75 Å². The Morgan fingerprint density at radius 3 is 2.57 bits per heavy atom. The van der Waals surface area contributed by atoms with Crippen molar-refractivity contribution in [2.45, 2.75) is 13.0 Å². The minimum atomic E-state index is -3.02. The number of sulfonamides is 1. The molecule has 0 spiro atoms. The molecule has 0 aromatic rings. The Kier molecular flexibility index (Phi) is 4.31. The van der Waals surface area contributed by atoms with Gasteiger partial charge in [-0.15, -0.1) is 0 Å². The van der Waals surface area contributed by atoms with E-state index in [1.54, 1.807) is 6.92 Å². The highest BCUT2D eigenvalue weighted by molar-refractivity contribution is 7.89. The van der Waals surface area contributed by atoms with Crippen molar-refractivity contribution in [3.8, 4) is 0 Å². The molecule has 6 heteroatoms. The van der Waals surface area contributed by atoms with Gasteiger partial charge in [0.25, 0.3) is 0 Å². The van der Waals surface area contributed by atoms with Gasteiger partial charge in [0.15, 0.2) is 0 Å². The van der Waals surface area contributed by atoms with Gasteiger partial charge in [0.2, 0.25) is 10.0 Å². The Labute approximate surface area is 85.9 Å². The summed E-state index contributed by atoms with van der Waals surface area (Å²) in [6, 6.07) is 0.570. The molecular weight excluding hydrogens is 202 g/mol. The quantitative estimate of drug-likeness (QED) is 0.593. The fourth-order valence-corrected chi connectivity index (χ4v) is 1.85. The van der Waals surface area contributed by atoms with Crippen LogP contribution in [0.25, 0.3) is 0 Å². The third kappa shape index (κ3) is 3.53. The molecule has 1 heterocycles. The normalized spacial score (nSPS) is 18.5. The maximum absolute atomic E-state index is 11.1. The zero-order chi connectivity index (χ0) is 10.6. The lowest BCUT2D eigenvalue weighted by molar-refractivity contribution is 0.183. The summed E-state index contributed by atoms with van der Waals surface area (Å²) < 4.78 is 24.7. The predicted octanol–water partition coefficient (Wildman–Crippen LogP) is -1.17. The van der Waals surface area contributed by atoms with Gasteiger partial charge in [-0.2, -0.15) is 0 Å². The van der Waals surface area contributed by atoms with Crippen LogP contribution in [-0.2, 0) is 10.0 Å². The van der Waals surface area contributed by atoms with Crippen molar-refractivity contribution in [2.24, 2.45) is 0 Å². The summed E-state index contributed by atoms with van der Waals surface area (Å²) in [5.74, 6) is 0.154. The molecule has 1 fully saturated rings. The largest absolute Gasteiger partial charge is 0.314 e. The summed E-state index contributed by atoms with van der Waals surface area (Å²) >= 11 is 0. The van der Waals surface area contributed by atoms with E-state index in [2.05, 4.69) is 14.9 Å². The average Bonchev–Trinajstić information content (AvgIpc) is 2.01. The fraction of sp³-hybridized carbons (Fsp3) is 1.00. The van der Waals surface area contributed by atoms with Crippen LogP contribution in [-0.4, -0.2) is 58.3 Å². The topological polar surface area (TPSA) is 61.4 Å². The third-order valence-corrected chi connectivity index (χ3v) is 3.95. The molecule has 14 heavy (non-hydrogen) atoms. The van der Waals surface area contributed by atoms with Crippen molar-refractivity contribution < 1.29 is 8.42 Å². The van der Waals surface area contributed by atoms with Crippen LogP contribution in [0, 0.1) is 0 Å². The van der Waals surface area contributed by atoms with E-state index in [4.69, 9.17) is 0 Å². The fourth-order valence-electron chi connectivity index (χ4n) is 1.25. The van der Waals surface area contributed by atoms with Crippen molar-refractivity contribution in [3.05, 3.63) is 0 Å². The van der Waals surface area contributed by atoms with Crippen LogP contribution >= 0.6 is 0 Å². The molecule has 0 saturated carbocycles. The minimum Gasteiger partial charge on any atom is -0.314 e. The molecule has 0 atom stereocenters. The highest BCUT2D eigenvalue weighted by Gasteiger charge is 2.20. The standard InChI is InChI=1S/C8H19N3O2S/c1-3-14(12,13)10-4-5-11(2)8-6-9-7-8/h8-10H,3-7H2,1-2H3. The van der Waals surface area contributed by atoms with E-state index in [0.717, 1.165) is 19.6 Å². The van der Waals surface area contributed by atoms with Crippen LogP contribution in [0.15, 0.2) is 0 Å². The smallest absolute Gasteiger partial charge is 0.211 e. The summed E-state index contributed by atoms with van der Waals surface area (Å²) in [4.78, 5) is 2.18. The summed E-state index contributed by atoms with van der Waals surface area (Å²) in [7, 11) is -1.00. The van der Waals surface area contributed by atoms with Gasteiger partial charge in [0.1, 0.15) is 0 Å². The van der Waals surface area contributed by atoms with Gasteiger partial charge in [-0.25, -0.2) is 13.1 Å². The molecule has 0 amide bonds. The van der Waals surface area contributed by atoms with Crippen LogP contribution < -0.4 is 10.0 Å². The van der Waals surface area contributed by atoms with Crippen molar-refractivity contribution in [2.75, 3.05) is 39.0 Å². The number of nitrogens with zero attached hydrogens (tertiary/aromatic N) is 1. The molecule has 1 aliphatic rings. The van der Waals surface area contributed by atoms with Crippen LogP contribution in [0.1, 0.15) is 6.92 Å². The van der Waals surface area contributed by atoms with Crippen molar-refractivity contribution in [1.82, 2.24) is 14.9 Å². The maximum Gasteiger partial charge on any atom is 0.211 e. The Hall–Kier alpha value is -0.170. The third-order valence-electron chi connectivity index (χ3n) is 2.55. The molecule has 1 saturated heterocycles. The molecule has 0 unspecified atom stereocenters. The number of hydrogen-bond acceptors (Lipinski definition) is 4. The predicted molar refractivity (Wildman–Crippen MR) is 56.8 cm³/mol. The first-order valence-electron chi connectivity index (χ1n) is 4.93. The monoisotopic (exact) mass is 221 g/mol. The van der Waals surface area contributed by atoms with E-state index in [9.17, 15) is 8.42 Å². The van der Waals surface area contributed by atoms with Crippen LogP contribution in [0.4, 0.5) is 0 Å². The summed E-state index contributed by atoms with van der Waals surface area (Å²) in [6.45, 7) is 4.94. The van der Waals surface area contributed by atoms with Gasteiger partial charge < -0.3 is 5.32 Å². The first kappa shape index (κ1) is 11.9. The van der Waals surface area contributed by atoms with Crippen molar-refractivity contribution >= 4 is 10.0 Å². The van der Waals surface area contributed by atoms with E-state index >= 15 is 0 Å². The van der Waals surface area contributed by atoms with Crippen LogP contribution in [0.5, 0.6) is 0 Å². The molecule has 1 aliphatic heterocycles. The molecule has 0 aromatic carbocycles. The Bertz CT molecular complexity index is 262. The summed E-state index contributed by atoms with van der Waals surface area (Å²) in [5, 5.41) is 3.18. The maximum atomic E-state index is 11.1. The zero-order valence-corrected chi connectivity index (χ0v) is 9.60. The molecular formula is C8H19N3O2S. The first-order chi connectivity index (χ1) is 6.55. The first-order valence-corrected chi connectivity index (χ1v) is 6.58.